The molecule has 7 nitrogen and oxygen atoms in total. The lowest BCUT2D eigenvalue weighted by molar-refractivity contribution is -0.146. The van der Waals surface area contributed by atoms with Gasteiger partial charge in [-0.05, 0) is 46.0 Å². The normalized spacial score (nSPS) is 23.8. The van der Waals surface area contributed by atoms with Crippen molar-refractivity contribution < 1.29 is 28.6 Å². The molecule has 3 atom stereocenters. The molecule has 1 rings (SSSR count). The van der Waals surface area contributed by atoms with Crippen molar-refractivity contribution in [3.63, 3.8) is 0 Å². The fourth-order valence-corrected chi connectivity index (χ4v) is 3.03. The van der Waals surface area contributed by atoms with E-state index in [2.05, 4.69) is 4.74 Å². The van der Waals surface area contributed by atoms with E-state index in [0.717, 1.165) is 0 Å². The van der Waals surface area contributed by atoms with Crippen LogP contribution in [0, 0.1) is 5.92 Å². The van der Waals surface area contributed by atoms with E-state index in [9.17, 15) is 14.4 Å². The van der Waals surface area contributed by atoms with Gasteiger partial charge < -0.3 is 14.2 Å². The summed E-state index contributed by atoms with van der Waals surface area (Å²) < 4.78 is 14.9. The zero-order chi connectivity index (χ0) is 18.5. The van der Waals surface area contributed by atoms with Crippen LogP contribution in [-0.2, 0) is 23.8 Å². The Morgan fingerprint density at radius 3 is 2.25 bits per heavy atom. The molecule has 0 radical (unpaired) electrons. The number of carbonyl (C=O) groups excluding carboxylic acids is 3. The van der Waals surface area contributed by atoms with Gasteiger partial charge >= 0.3 is 18.0 Å². The summed E-state index contributed by atoms with van der Waals surface area (Å²) in [5.41, 5.74) is -0.653. The Hall–Kier alpha value is -1.79. The molecule has 0 aromatic heterocycles. The molecule has 1 aliphatic rings. The third-order valence-electron chi connectivity index (χ3n) is 4.13. The standard InChI is InChI=1S/C17H29NO6/c1-11-10-13(15(20)23-6)18(16(21)24-17(2,3)4)12(11)8-7-9-14(19)22-5/h11-13H,7-10H2,1-6H3/t11-,12-,13+/m1/s1. The van der Waals surface area contributed by atoms with Gasteiger partial charge in [0.1, 0.15) is 11.6 Å². The van der Waals surface area contributed by atoms with Crippen LogP contribution in [0.5, 0.6) is 0 Å². The van der Waals surface area contributed by atoms with Crippen LogP contribution in [0.3, 0.4) is 0 Å². The molecule has 0 N–H and O–H groups in total. The maximum absolute atomic E-state index is 12.6. The van der Waals surface area contributed by atoms with E-state index in [4.69, 9.17) is 9.47 Å². The van der Waals surface area contributed by atoms with E-state index >= 15 is 0 Å². The molecule has 0 saturated carbocycles. The highest BCUT2D eigenvalue weighted by molar-refractivity contribution is 5.82. The first-order valence-electron chi connectivity index (χ1n) is 8.26. The first-order valence-corrected chi connectivity index (χ1v) is 8.26. The molecule has 138 valence electrons. The average Bonchev–Trinajstić information content (AvgIpc) is 2.81. The lowest BCUT2D eigenvalue weighted by atomic mass is 9.97. The molecule has 0 spiro atoms. The Labute approximate surface area is 143 Å². The number of carbonyl (C=O) groups is 3. The second kappa shape index (κ2) is 8.35. The molecule has 0 aromatic carbocycles. The number of rotatable bonds is 5. The van der Waals surface area contributed by atoms with Crippen molar-refractivity contribution in [1.29, 1.82) is 0 Å². The number of nitrogens with zero attached hydrogens (tertiary/aromatic N) is 1. The van der Waals surface area contributed by atoms with Crippen LogP contribution >= 0.6 is 0 Å². The predicted molar refractivity (Wildman–Crippen MR) is 87.3 cm³/mol. The van der Waals surface area contributed by atoms with Gasteiger partial charge in [-0.25, -0.2) is 9.59 Å². The van der Waals surface area contributed by atoms with Gasteiger partial charge in [0.2, 0.25) is 0 Å². The maximum atomic E-state index is 12.6. The number of amides is 1. The summed E-state index contributed by atoms with van der Waals surface area (Å²) in [7, 11) is 2.66. The van der Waals surface area contributed by atoms with E-state index in [-0.39, 0.29) is 24.3 Å². The van der Waals surface area contributed by atoms with E-state index in [0.29, 0.717) is 19.3 Å². The fraction of sp³-hybridized carbons (Fsp3) is 0.824. The van der Waals surface area contributed by atoms with Crippen LogP contribution < -0.4 is 0 Å². The largest absolute Gasteiger partial charge is 0.469 e. The highest BCUT2D eigenvalue weighted by Crippen LogP contribution is 2.34. The quantitative estimate of drug-likeness (QED) is 0.563. The van der Waals surface area contributed by atoms with Crippen molar-refractivity contribution in [2.75, 3.05) is 14.2 Å². The van der Waals surface area contributed by atoms with Gasteiger partial charge in [-0.3, -0.25) is 9.69 Å². The summed E-state index contributed by atoms with van der Waals surface area (Å²) in [6.45, 7) is 7.33. The molecule has 1 fully saturated rings. The summed E-state index contributed by atoms with van der Waals surface area (Å²) in [6.07, 6.45) is 1.46. The molecule has 7 heteroatoms. The van der Waals surface area contributed by atoms with E-state index in [1.54, 1.807) is 20.8 Å². The molecule has 1 heterocycles. The van der Waals surface area contributed by atoms with Crippen molar-refractivity contribution in [1.82, 2.24) is 4.90 Å². The molecule has 0 aromatic rings. The molecular weight excluding hydrogens is 314 g/mol. The molecule has 0 bridgehead atoms. The van der Waals surface area contributed by atoms with Crippen LogP contribution in [0.2, 0.25) is 0 Å². The Balaban J connectivity index is 2.89. The first-order chi connectivity index (χ1) is 11.1. The second-order valence-corrected chi connectivity index (χ2v) is 7.18. The summed E-state index contributed by atoms with van der Waals surface area (Å²) in [4.78, 5) is 37.4. The van der Waals surface area contributed by atoms with E-state index in [1.165, 1.54) is 19.1 Å². The van der Waals surface area contributed by atoms with Gasteiger partial charge in [0.15, 0.2) is 0 Å². The average molecular weight is 343 g/mol. The van der Waals surface area contributed by atoms with Crippen LogP contribution in [-0.4, -0.2) is 54.8 Å². The molecule has 0 unspecified atom stereocenters. The summed E-state index contributed by atoms with van der Waals surface area (Å²) in [6, 6.07) is -0.823. The van der Waals surface area contributed by atoms with Gasteiger partial charge in [-0.1, -0.05) is 6.92 Å². The smallest absolute Gasteiger partial charge is 0.411 e. The Bertz CT molecular complexity index is 470. The van der Waals surface area contributed by atoms with Gasteiger partial charge in [-0.15, -0.1) is 0 Å². The summed E-state index contributed by atoms with van der Waals surface area (Å²) >= 11 is 0. The second-order valence-electron chi connectivity index (χ2n) is 7.18. The highest BCUT2D eigenvalue weighted by Gasteiger charge is 2.46. The van der Waals surface area contributed by atoms with Crippen molar-refractivity contribution in [2.24, 2.45) is 5.92 Å². The third kappa shape index (κ3) is 5.39. The topological polar surface area (TPSA) is 82.1 Å². The highest BCUT2D eigenvalue weighted by atomic mass is 16.6. The Morgan fingerprint density at radius 1 is 1.12 bits per heavy atom. The minimum absolute atomic E-state index is 0.110. The Morgan fingerprint density at radius 2 is 1.75 bits per heavy atom. The van der Waals surface area contributed by atoms with Gasteiger partial charge in [0.25, 0.3) is 0 Å². The van der Waals surface area contributed by atoms with E-state index in [1.807, 2.05) is 6.92 Å². The number of hydrogen-bond donors (Lipinski definition) is 0. The van der Waals surface area contributed by atoms with Crippen LogP contribution in [0.4, 0.5) is 4.79 Å². The third-order valence-corrected chi connectivity index (χ3v) is 4.13. The Kier molecular flexibility index (Phi) is 7.05. The van der Waals surface area contributed by atoms with Crippen molar-refractivity contribution in [2.45, 2.75) is 71.1 Å². The fourth-order valence-electron chi connectivity index (χ4n) is 3.03. The number of methoxy groups -OCH3 is 2. The van der Waals surface area contributed by atoms with Crippen molar-refractivity contribution in [3.05, 3.63) is 0 Å². The van der Waals surface area contributed by atoms with Gasteiger partial charge in [-0.2, -0.15) is 0 Å². The van der Waals surface area contributed by atoms with Gasteiger partial charge in [0, 0.05) is 12.5 Å². The first kappa shape index (κ1) is 20.3. The number of ether oxygens (including phenoxy) is 3. The number of likely N-dealkylation sites (tertiary alicyclic amines) is 1. The number of esters is 2. The lowest BCUT2D eigenvalue weighted by Gasteiger charge is -2.32. The van der Waals surface area contributed by atoms with Crippen LogP contribution in [0.15, 0.2) is 0 Å². The minimum Gasteiger partial charge on any atom is -0.469 e. The molecule has 1 amide bonds. The van der Waals surface area contributed by atoms with Crippen LogP contribution in [0.1, 0.15) is 53.4 Å². The van der Waals surface area contributed by atoms with Crippen molar-refractivity contribution in [3.8, 4) is 0 Å². The summed E-state index contributed by atoms with van der Waals surface area (Å²) in [5.74, 6) is -0.614. The monoisotopic (exact) mass is 343 g/mol. The van der Waals surface area contributed by atoms with Crippen molar-refractivity contribution >= 4 is 18.0 Å². The molecule has 24 heavy (non-hydrogen) atoms. The molecular formula is C17H29NO6. The molecule has 1 saturated heterocycles. The SMILES string of the molecule is COC(=O)CCC[C@@H]1[C@H](C)C[C@@H](C(=O)OC)N1C(=O)OC(C)(C)C. The number of hydrogen-bond acceptors (Lipinski definition) is 6. The maximum Gasteiger partial charge on any atom is 0.411 e. The minimum atomic E-state index is -0.653. The zero-order valence-corrected chi connectivity index (χ0v) is 15.5. The molecule has 1 aliphatic heterocycles. The van der Waals surface area contributed by atoms with Gasteiger partial charge in [0.05, 0.1) is 14.2 Å². The lowest BCUT2D eigenvalue weighted by Crippen LogP contribution is -2.48. The zero-order valence-electron chi connectivity index (χ0n) is 15.5. The van der Waals surface area contributed by atoms with Crippen LogP contribution in [0.25, 0.3) is 0 Å². The summed E-state index contributed by atoms with van der Waals surface area (Å²) in [5, 5.41) is 0. The van der Waals surface area contributed by atoms with E-state index < -0.39 is 23.7 Å². The molecule has 0 aliphatic carbocycles. The predicted octanol–water partition coefficient (Wildman–Crippen LogP) is 2.52.